The highest BCUT2D eigenvalue weighted by Crippen LogP contribution is 2.68. The van der Waals surface area contributed by atoms with E-state index in [0.29, 0.717) is 48.9 Å². The number of rotatable bonds is 22. The number of hydrogen-bond acceptors (Lipinski definition) is 26. The van der Waals surface area contributed by atoms with Crippen LogP contribution in [-0.2, 0) is 87.1 Å². The molecule has 132 heavy (non-hydrogen) atoms. The summed E-state index contributed by atoms with van der Waals surface area (Å²) < 4.78 is 93.4. The molecule has 4 aromatic heterocycles. The van der Waals surface area contributed by atoms with Gasteiger partial charge in [0, 0.05) is 102 Å². The normalized spacial score (nSPS) is 34.0. The molecule has 4 N–H and O–H groups in total. The first-order chi connectivity index (χ1) is 63.6. The second-order valence-corrected chi connectivity index (χ2v) is 42.0. The standard InChI is InChI=1S/2C24H31N4O5P.2C23H30N3O5P/c2*1-4-18-19(15-22(31-18)27-14-12-21(25-16(2)29)26-23(27)30)32-34-28-13-8-11-20(28)24(3,33-34)17-9-6-5-7-10-17;2*1-4-17-18(13-20(29-17)25-14-15(2)21(27)24-22(25)28)30-32-26-12-8-11-19(26)23(3,31-32)16-9-6-5-7-10-16/h2*5-7,9-10,12,14,18-20,22H,4,8,11,13,15H2,1-3H3,(H,25,26,29,30);2*5-7,9-10,14,17-20H,4,8,11-13H2,1-3H3,(H,24,27,28)/t18-,19-,20+,22-,24-,34+;18-,19-,20-,22-,24+,34-;17-,18-,19+,20-,23-,32+;17-,18-,19-,20-,23+,32-/m1111/s1. The fourth-order valence-corrected chi connectivity index (χ4v) is 29.3. The van der Waals surface area contributed by atoms with Crippen molar-refractivity contribution in [3.05, 3.63) is 254 Å². The quantitative estimate of drug-likeness (QED) is 0.0458. The Hall–Kier alpha value is -7.98. The molecule has 0 radical (unpaired) electrons. The largest absolute Gasteiger partial charge is 0.352 e. The monoisotopic (exact) mass is 1890 g/mol. The summed E-state index contributed by atoms with van der Waals surface area (Å²) in [5, 5.41) is 5.07. The van der Waals surface area contributed by atoms with Gasteiger partial charge in [0.25, 0.3) is 45.2 Å². The number of nitrogens with one attached hydrogen (secondary N) is 4. The first kappa shape index (κ1) is 95.7. The molecule has 24 atom stereocenters. The predicted octanol–water partition coefficient (Wildman–Crippen LogP) is 15.0. The molecule has 2 amide bonds. The Morgan fingerprint density at radius 2 is 0.644 bits per heavy atom. The van der Waals surface area contributed by atoms with Crippen molar-refractivity contribution in [3.63, 3.8) is 0 Å². The molecule has 0 bridgehead atoms. The van der Waals surface area contributed by atoms with Gasteiger partial charge < -0.3 is 65.8 Å². The summed E-state index contributed by atoms with van der Waals surface area (Å²) in [5.74, 6) is -0.0879. The zero-order chi connectivity index (χ0) is 92.7. The van der Waals surface area contributed by atoms with Crippen LogP contribution >= 0.6 is 34.1 Å². The second kappa shape index (κ2) is 40.7. The Morgan fingerprint density at radius 3 is 0.879 bits per heavy atom. The van der Waals surface area contributed by atoms with Crippen LogP contribution in [0.4, 0.5) is 11.6 Å². The first-order valence-electron chi connectivity index (χ1n) is 46.5. The van der Waals surface area contributed by atoms with E-state index in [1.807, 2.05) is 24.3 Å². The van der Waals surface area contributed by atoms with Gasteiger partial charge in [-0.05, 0) is 153 Å². The smallest absolute Gasteiger partial charge is 0.351 e. The Balaban J connectivity index is 0.000000123. The van der Waals surface area contributed by atoms with Gasteiger partial charge in [-0.3, -0.25) is 47.4 Å². The molecule has 34 nitrogen and oxygen atoms in total. The van der Waals surface area contributed by atoms with E-state index in [2.05, 4.69) is 202 Å². The van der Waals surface area contributed by atoms with E-state index in [1.165, 1.54) is 54.4 Å². The van der Waals surface area contributed by atoms with Crippen molar-refractivity contribution in [2.24, 2.45) is 0 Å². The molecule has 12 saturated heterocycles. The molecule has 16 heterocycles. The Bertz CT molecular complexity index is 5410. The molecule has 38 heteroatoms. The lowest BCUT2D eigenvalue weighted by molar-refractivity contribution is -0.115. The third-order valence-electron chi connectivity index (χ3n) is 27.8. The van der Waals surface area contributed by atoms with Gasteiger partial charge in [0.2, 0.25) is 11.8 Å². The average molecular weight is 1890 g/mol. The molecule has 8 aromatic rings. The van der Waals surface area contributed by atoms with Gasteiger partial charge in [-0.1, -0.05) is 149 Å². The molecule has 4 aromatic carbocycles. The molecule has 0 unspecified atom stereocenters. The highest BCUT2D eigenvalue weighted by atomic mass is 31.2. The summed E-state index contributed by atoms with van der Waals surface area (Å²) in [6.07, 6.45) is 17.1. The number of H-pyrrole nitrogens is 2. The summed E-state index contributed by atoms with van der Waals surface area (Å²) >= 11 is 0. The summed E-state index contributed by atoms with van der Waals surface area (Å²) in [7, 11) is -4.98. The van der Waals surface area contributed by atoms with Crippen LogP contribution in [0, 0.1) is 13.8 Å². The van der Waals surface area contributed by atoms with Crippen molar-refractivity contribution in [3.8, 4) is 0 Å². The lowest BCUT2D eigenvalue weighted by Crippen LogP contribution is -2.36. The maximum atomic E-state index is 12.6. The number of ether oxygens (including phenoxy) is 4. The number of amides is 2. The predicted molar refractivity (Wildman–Crippen MR) is 499 cm³/mol. The van der Waals surface area contributed by atoms with Gasteiger partial charge in [-0.15, -0.1) is 0 Å². The molecule has 12 aliphatic rings. The Kier molecular flexibility index (Phi) is 29.6. The van der Waals surface area contributed by atoms with E-state index < -0.39 is 104 Å². The minimum Gasteiger partial charge on any atom is -0.352 e. The van der Waals surface area contributed by atoms with E-state index in [4.69, 9.17) is 55.1 Å². The van der Waals surface area contributed by atoms with Crippen molar-refractivity contribution < 1.29 is 64.7 Å². The van der Waals surface area contributed by atoms with Gasteiger partial charge in [0.05, 0.1) is 73.0 Å². The molecule has 708 valence electrons. The SMILES string of the molecule is CC[C@H]1O[C@@H](n2cc(C)c(=O)[nH]c2=O)C[C@H]1O[P@@]1O[C@](C)(c2ccccc2)[C@@H]2CCCN21.CC[C@H]1O[C@@H](n2cc(C)c(=O)[nH]c2=O)C[C@H]1O[P@]1O[C@@](C)(c2ccccc2)[C@H]2CCCN21.CC[C@H]1O[C@@H](n2ccc(NC(C)=O)nc2=O)C[C@H]1O[P@@]1O[C@](C)(c2ccccc2)[C@@H]2CCCN21.CC[C@H]1O[C@@H](n2ccc(NC(C)=O)nc2=O)C[C@H]1O[P@]1O[C@@](C)(c2ccccc2)[C@H]2CCCN21. The summed E-state index contributed by atoms with van der Waals surface area (Å²) in [4.78, 5) is 109. The number of nitrogens with zero attached hydrogens (tertiary/aromatic N) is 10. The van der Waals surface area contributed by atoms with Gasteiger partial charge in [0.15, 0.2) is 0 Å². The van der Waals surface area contributed by atoms with Crippen molar-refractivity contribution in [1.29, 1.82) is 0 Å². The zero-order valence-corrected chi connectivity index (χ0v) is 80.4. The Morgan fingerprint density at radius 1 is 0.394 bits per heavy atom. The van der Waals surface area contributed by atoms with Crippen molar-refractivity contribution in [1.82, 2.24) is 56.9 Å². The van der Waals surface area contributed by atoms with Gasteiger partial charge in [-0.25, -0.2) is 37.9 Å². The number of aromatic nitrogens is 8. The molecular weight excluding hydrogens is 1770 g/mol. The second-order valence-electron chi connectivity index (χ2n) is 36.5. The molecule has 0 saturated carbocycles. The van der Waals surface area contributed by atoms with Crippen molar-refractivity contribution in [2.45, 2.75) is 306 Å². The lowest BCUT2D eigenvalue weighted by atomic mass is 9.87. The highest BCUT2D eigenvalue weighted by Gasteiger charge is 2.61. The third-order valence-corrected chi connectivity index (χ3v) is 35.3. The van der Waals surface area contributed by atoms with Crippen LogP contribution in [0.25, 0.3) is 0 Å². The summed E-state index contributed by atoms with van der Waals surface area (Å²) in [6.45, 7) is 26.9. The molecule has 0 spiro atoms. The minimum absolute atomic E-state index is 0.144. The topological polar surface area (TPSA) is 361 Å². The fraction of sp³-hybridized carbons (Fsp3) is 0.553. The van der Waals surface area contributed by atoms with Crippen LogP contribution in [0.3, 0.4) is 0 Å². The van der Waals surface area contributed by atoms with Crippen LogP contribution in [0.2, 0.25) is 0 Å². The molecule has 12 aliphatic heterocycles. The molecular formula is C94H122N14O20P4. The van der Waals surface area contributed by atoms with E-state index >= 15 is 0 Å². The number of anilines is 2. The maximum Gasteiger partial charge on any atom is 0.351 e. The van der Waals surface area contributed by atoms with E-state index in [0.717, 1.165) is 103 Å². The summed E-state index contributed by atoms with van der Waals surface area (Å²) in [5.41, 5.74) is 1.43. The number of benzene rings is 4. The zero-order valence-electron chi connectivity index (χ0n) is 76.8. The van der Waals surface area contributed by atoms with Gasteiger partial charge >= 0.3 is 22.8 Å². The number of aromatic amines is 2. The molecule has 12 fully saturated rings. The maximum absolute atomic E-state index is 12.6. The molecule has 20 rings (SSSR count). The molecule has 0 aliphatic carbocycles. The number of fused-ring (bicyclic) bond motifs is 4. The Labute approximate surface area is 772 Å². The van der Waals surface area contributed by atoms with Crippen LogP contribution in [0.15, 0.2) is 187 Å². The minimum atomic E-state index is -1.25. The number of carbonyl (C=O) groups is 2. The van der Waals surface area contributed by atoms with Crippen LogP contribution in [0.5, 0.6) is 0 Å². The van der Waals surface area contributed by atoms with E-state index in [9.17, 15) is 38.4 Å². The van der Waals surface area contributed by atoms with E-state index in [-0.39, 0.29) is 95.5 Å². The van der Waals surface area contributed by atoms with Crippen LogP contribution in [-0.4, -0.2) is 168 Å². The third kappa shape index (κ3) is 19.6. The highest BCUT2D eigenvalue weighted by molar-refractivity contribution is 7.45. The van der Waals surface area contributed by atoms with Crippen molar-refractivity contribution >= 4 is 57.6 Å². The van der Waals surface area contributed by atoms with Crippen LogP contribution < -0.4 is 44.5 Å². The van der Waals surface area contributed by atoms with Gasteiger partial charge in [0.1, 0.15) is 59.0 Å². The van der Waals surface area contributed by atoms with Gasteiger partial charge in [-0.2, -0.15) is 9.97 Å². The lowest BCUT2D eigenvalue weighted by Gasteiger charge is -2.29. The van der Waals surface area contributed by atoms with E-state index in [1.54, 1.807) is 50.8 Å². The van der Waals surface area contributed by atoms with Crippen LogP contribution in [0.1, 0.15) is 230 Å². The number of hydrogen-bond donors (Lipinski definition) is 4. The summed E-state index contributed by atoms with van der Waals surface area (Å²) in [6, 6.07) is 45.9. The average Bonchev–Trinajstić information content (AvgIpc) is 1.60. The number of aryl methyl sites for hydroxylation is 2. The van der Waals surface area contributed by atoms with Crippen molar-refractivity contribution in [2.75, 3.05) is 36.8 Å². The fourth-order valence-electron chi connectivity index (χ4n) is 20.7. The first-order valence-corrected chi connectivity index (χ1v) is 51.0. The number of carbonyl (C=O) groups excluding carboxylic acids is 2.